The van der Waals surface area contributed by atoms with E-state index in [1.54, 1.807) is 25.2 Å². The first kappa shape index (κ1) is 28.1. The van der Waals surface area contributed by atoms with E-state index in [0.29, 0.717) is 50.3 Å². The Hall–Kier alpha value is -5.66. The lowest BCUT2D eigenvalue weighted by molar-refractivity contribution is 0.0964. The third-order valence-corrected chi connectivity index (χ3v) is 9.45. The van der Waals surface area contributed by atoms with Gasteiger partial charge in [-0.25, -0.2) is 13.4 Å². The van der Waals surface area contributed by atoms with Crippen molar-refractivity contribution in [3.05, 3.63) is 102 Å². The molecule has 9 nitrogen and oxygen atoms in total. The van der Waals surface area contributed by atoms with E-state index in [0.717, 1.165) is 39.2 Å². The zero-order chi connectivity index (χ0) is 31.6. The molecule has 7 aromatic rings. The van der Waals surface area contributed by atoms with E-state index >= 15 is 0 Å². The number of fused-ring (bicyclic) bond motifs is 6. The van der Waals surface area contributed by atoms with Crippen LogP contribution in [0.25, 0.3) is 60.9 Å². The van der Waals surface area contributed by atoms with Gasteiger partial charge in [-0.05, 0) is 43.3 Å². The largest absolute Gasteiger partial charge is 0.455 e. The van der Waals surface area contributed by atoms with Gasteiger partial charge in [0.05, 0.1) is 51.4 Å². The maximum Gasteiger partial charge on any atom is 0.255 e. The van der Waals surface area contributed by atoms with Gasteiger partial charge in [-0.3, -0.25) is 9.10 Å². The van der Waals surface area contributed by atoms with Gasteiger partial charge < -0.3 is 14.1 Å². The molecule has 0 unspecified atom stereocenters. The van der Waals surface area contributed by atoms with Gasteiger partial charge in [-0.1, -0.05) is 42.0 Å². The van der Waals surface area contributed by atoms with Gasteiger partial charge in [0.2, 0.25) is 10.0 Å². The first-order valence-corrected chi connectivity index (χ1v) is 16.0. The first-order chi connectivity index (χ1) is 21.6. The maximum absolute atomic E-state index is 13.3. The molecule has 3 aromatic carbocycles. The van der Waals surface area contributed by atoms with E-state index in [1.807, 2.05) is 78.2 Å². The lowest BCUT2D eigenvalue weighted by atomic mass is 10.00. The van der Waals surface area contributed by atoms with Gasteiger partial charge in [-0.2, -0.15) is 5.26 Å². The van der Waals surface area contributed by atoms with Crippen molar-refractivity contribution in [1.29, 1.82) is 5.26 Å². The topological polar surface area (TPSA) is 121 Å². The summed E-state index contributed by atoms with van der Waals surface area (Å²) in [6, 6.07) is 26.6. The van der Waals surface area contributed by atoms with Crippen LogP contribution in [-0.2, 0) is 10.0 Å². The van der Waals surface area contributed by atoms with Crippen molar-refractivity contribution in [2.24, 2.45) is 0 Å². The average Bonchev–Trinajstić information content (AvgIpc) is 3.61. The van der Waals surface area contributed by atoms with Crippen LogP contribution in [0, 0.1) is 18.3 Å². The Morgan fingerprint density at radius 3 is 2.49 bits per heavy atom. The molecule has 0 atom stereocenters. The number of hydrogen-bond donors (Lipinski definition) is 1. The molecule has 1 amide bonds. The van der Waals surface area contributed by atoms with E-state index in [9.17, 15) is 18.5 Å². The molecule has 0 aliphatic carbocycles. The summed E-state index contributed by atoms with van der Waals surface area (Å²) in [6.45, 7) is 1.98. The number of anilines is 1. The summed E-state index contributed by atoms with van der Waals surface area (Å²) in [6.07, 6.45) is 3.08. The summed E-state index contributed by atoms with van der Waals surface area (Å²) < 4.78 is 35.2. The minimum Gasteiger partial charge on any atom is -0.455 e. The summed E-state index contributed by atoms with van der Waals surface area (Å²) in [5, 5.41) is 14.6. The zero-order valence-electron chi connectivity index (χ0n) is 24.9. The van der Waals surface area contributed by atoms with Gasteiger partial charge in [0.15, 0.2) is 0 Å². The molecule has 0 aliphatic heterocycles. The number of aryl methyl sites for hydroxylation is 1. The van der Waals surface area contributed by atoms with Crippen molar-refractivity contribution in [3.8, 4) is 28.7 Å². The Bertz CT molecular complexity index is 2500. The third-order valence-electron chi connectivity index (χ3n) is 8.26. The number of sulfonamides is 1. The summed E-state index contributed by atoms with van der Waals surface area (Å²) >= 11 is 0. The second-order valence-corrected chi connectivity index (χ2v) is 13.1. The summed E-state index contributed by atoms with van der Waals surface area (Å²) in [5.41, 5.74) is 6.80. The molecule has 0 aliphatic rings. The fourth-order valence-electron chi connectivity index (χ4n) is 5.84. The zero-order valence-corrected chi connectivity index (χ0v) is 25.7. The third kappa shape index (κ3) is 4.48. The van der Waals surface area contributed by atoms with E-state index in [1.165, 1.54) is 11.4 Å². The average molecular weight is 614 g/mol. The molecule has 4 aromatic heterocycles. The molecule has 7 rings (SSSR count). The minimum absolute atomic E-state index is 0.333. The quantitative estimate of drug-likeness (QED) is 0.232. The van der Waals surface area contributed by atoms with Crippen LogP contribution in [0.3, 0.4) is 0 Å². The molecule has 222 valence electrons. The molecule has 10 heteroatoms. The van der Waals surface area contributed by atoms with Crippen molar-refractivity contribution in [2.45, 2.75) is 6.92 Å². The van der Waals surface area contributed by atoms with E-state index < -0.39 is 10.0 Å². The molecule has 0 fully saturated rings. The Kier molecular flexibility index (Phi) is 6.39. The number of nitrogens with one attached hydrogen (secondary N) is 1. The van der Waals surface area contributed by atoms with Crippen LogP contribution in [0.4, 0.5) is 5.69 Å². The van der Waals surface area contributed by atoms with Gasteiger partial charge in [0.25, 0.3) is 5.91 Å². The molecular weight excluding hydrogens is 586 g/mol. The number of benzene rings is 3. The fourth-order valence-corrected chi connectivity index (χ4v) is 6.35. The molecule has 0 bridgehead atoms. The molecule has 0 radical (unpaired) electrons. The number of amides is 1. The highest BCUT2D eigenvalue weighted by Crippen LogP contribution is 2.41. The van der Waals surface area contributed by atoms with Crippen LogP contribution < -0.4 is 9.62 Å². The first-order valence-electron chi connectivity index (χ1n) is 14.2. The van der Waals surface area contributed by atoms with Crippen molar-refractivity contribution < 1.29 is 17.6 Å². The van der Waals surface area contributed by atoms with Crippen molar-refractivity contribution in [1.82, 2.24) is 14.7 Å². The van der Waals surface area contributed by atoms with Crippen LogP contribution in [0.5, 0.6) is 0 Å². The van der Waals surface area contributed by atoms with Crippen LogP contribution in [0.1, 0.15) is 21.5 Å². The summed E-state index contributed by atoms with van der Waals surface area (Å²) in [7, 11) is -0.653. The van der Waals surface area contributed by atoms with Crippen LogP contribution in [0.15, 0.2) is 89.5 Å². The summed E-state index contributed by atoms with van der Waals surface area (Å²) in [5.74, 6) is 0.0525. The van der Waals surface area contributed by atoms with Gasteiger partial charge in [-0.15, -0.1) is 0 Å². The van der Waals surface area contributed by atoms with E-state index in [4.69, 9.17) is 9.40 Å². The Labute approximate surface area is 259 Å². The summed E-state index contributed by atoms with van der Waals surface area (Å²) in [4.78, 5) is 18.4. The number of carbonyl (C=O) groups excluding carboxylic acids is 1. The van der Waals surface area contributed by atoms with Gasteiger partial charge in [0.1, 0.15) is 11.3 Å². The SMILES string of the molecule is CNC(=O)c1c(-c2ccc(C)cc2)oc2cc(N(C)S(C)(=O)=O)c(-c3ccc4ccn5c6cccc(C#N)c6cc5c4n3)cc12. The predicted octanol–water partition coefficient (Wildman–Crippen LogP) is 6.66. The number of nitriles is 1. The van der Waals surface area contributed by atoms with Crippen molar-refractivity contribution in [3.63, 3.8) is 0 Å². The highest BCUT2D eigenvalue weighted by atomic mass is 32.2. The Balaban J connectivity index is 1.54. The van der Waals surface area contributed by atoms with Crippen LogP contribution in [0.2, 0.25) is 0 Å². The number of pyridine rings is 2. The number of carbonyl (C=O) groups is 1. The van der Waals surface area contributed by atoms with E-state index in [-0.39, 0.29) is 5.91 Å². The van der Waals surface area contributed by atoms with Gasteiger partial charge in [0, 0.05) is 53.6 Å². The number of rotatable bonds is 5. The number of furan rings is 1. The Morgan fingerprint density at radius 1 is 1.00 bits per heavy atom. The highest BCUT2D eigenvalue weighted by molar-refractivity contribution is 7.92. The molecule has 0 spiro atoms. The van der Waals surface area contributed by atoms with E-state index in [2.05, 4.69) is 11.4 Å². The predicted molar refractivity (Wildman–Crippen MR) is 177 cm³/mol. The fraction of sp³-hybridized carbons (Fsp3) is 0.114. The second kappa shape index (κ2) is 10.2. The number of nitrogens with zero attached hydrogens (tertiary/aromatic N) is 4. The number of aromatic nitrogens is 2. The molecular formula is C35H27N5O4S. The van der Waals surface area contributed by atoms with Crippen molar-refractivity contribution >= 4 is 59.9 Å². The Morgan fingerprint density at radius 2 is 1.78 bits per heavy atom. The maximum atomic E-state index is 13.3. The molecule has 4 heterocycles. The number of hydrogen-bond acceptors (Lipinski definition) is 6. The second-order valence-electron chi connectivity index (χ2n) is 11.0. The highest BCUT2D eigenvalue weighted by Gasteiger charge is 2.26. The minimum atomic E-state index is -3.69. The lowest BCUT2D eigenvalue weighted by Crippen LogP contribution is -2.25. The monoisotopic (exact) mass is 613 g/mol. The molecule has 0 saturated carbocycles. The molecule has 1 N–H and O–H groups in total. The molecule has 0 saturated heterocycles. The lowest BCUT2D eigenvalue weighted by Gasteiger charge is -2.20. The standard InChI is InChI=1S/C35H27N5O4S/c1-20-8-10-22(11-9-20)34-32(35(41)37-2)26-16-25(29(18-31(26)44-34)39(3)45(4,42)43)27-13-12-21-14-15-40-28-7-5-6-23(19-36)24(28)17-30(40)33(21)38-27/h5-18H,1-4H3,(H,37,41). The van der Waals surface area contributed by atoms with Crippen molar-refractivity contribution in [2.75, 3.05) is 24.7 Å². The van der Waals surface area contributed by atoms with Gasteiger partial charge >= 0.3 is 0 Å². The normalized spacial score (nSPS) is 11.8. The van der Waals surface area contributed by atoms with Crippen LogP contribution in [-0.4, -0.2) is 44.1 Å². The molecule has 45 heavy (non-hydrogen) atoms. The van der Waals surface area contributed by atoms with Crippen LogP contribution >= 0.6 is 0 Å². The smallest absolute Gasteiger partial charge is 0.255 e.